The Morgan fingerprint density at radius 2 is 1.11 bits per heavy atom. The van der Waals surface area contributed by atoms with Crippen LogP contribution in [-0.4, -0.2) is 11.1 Å². The summed E-state index contributed by atoms with van der Waals surface area (Å²) < 4.78 is 5.09. The van der Waals surface area contributed by atoms with Crippen LogP contribution in [0.15, 0.2) is 48.5 Å². The van der Waals surface area contributed by atoms with Gasteiger partial charge in [-0.1, -0.05) is 52.0 Å². The minimum absolute atomic E-state index is 0.255. The highest BCUT2D eigenvalue weighted by Gasteiger charge is 2.49. The van der Waals surface area contributed by atoms with E-state index in [2.05, 4.69) is 52.0 Å². The molecule has 0 aromatic heterocycles. The van der Waals surface area contributed by atoms with Crippen LogP contribution in [-0.2, 0) is 4.79 Å². The Kier molecular flexibility index (Phi) is 6.72. The standard InChI is InChI=1S/C17H22O2.C15H20O/c1-10-11(2)16-8-14(10)9-17(16)13-4-6-15(7-5-13)19-12(3)18;1-9-10(2)14-7-12(9)8-15(14)11-3-5-13(16)6-4-11/h4-7,10-11,14,16-17H,8-9H2,1-3H3;3-6,9-10,12,14-16H,7-8H2,1-2H3. The highest BCUT2D eigenvalue weighted by molar-refractivity contribution is 5.69. The minimum Gasteiger partial charge on any atom is -0.508 e. The number of rotatable bonds is 3. The second-order valence-electron chi connectivity index (χ2n) is 12.2. The first-order valence-corrected chi connectivity index (χ1v) is 13.8. The van der Waals surface area contributed by atoms with Gasteiger partial charge in [-0.25, -0.2) is 0 Å². The first-order valence-electron chi connectivity index (χ1n) is 13.8. The fraction of sp³-hybridized carbons (Fsp3) is 0.594. The zero-order chi connectivity index (χ0) is 24.9. The highest BCUT2D eigenvalue weighted by atomic mass is 16.5. The summed E-state index contributed by atoms with van der Waals surface area (Å²) in [5.74, 6) is 9.35. The summed E-state index contributed by atoms with van der Waals surface area (Å²) in [6.45, 7) is 11.1. The van der Waals surface area contributed by atoms with E-state index < -0.39 is 0 Å². The molecule has 10 atom stereocenters. The van der Waals surface area contributed by atoms with Crippen LogP contribution in [0.4, 0.5) is 0 Å². The van der Waals surface area contributed by atoms with Crippen molar-refractivity contribution < 1.29 is 14.6 Å². The van der Waals surface area contributed by atoms with Crippen LogP contribution in [0.25, 0.3) is 0 Å². The second kappa shape index (κ2) is 9.64. The normalized spacial score (nSPS) is 38.8. The third-order valence-electron chi connectivity index (χ3n) is 10.7. The Bertz CT molecular complexity index is 1020. The quantitative estimate of drug-likeness (QED) is 0.365. The molecule has 4 bridgehead atoms. The van der Waals surface area contributed by atoms with Gasteiger partial charge < -0.3 is 9.84 Å². The third kappa shape index (κ3) is 4.63. The average molecular weight is 475 g/mol. The van der Waals surface area contributed by atoms with E-state index in [0.717, 1.165) is 53.3 Å². The van der Waals surface area contributed by atoms with Crippen molar-refractivity contribution in [2.75, 3.05) is 0 Å². The van der Waals surface area contributed by atoms with E-state index >= 15 is 0 Å². The van der Waals surface area contributed by atoms with E-state index in [4.69, 9.17) is 4.74 Å². The fourth-order valence-electron chi connectivity index (χ4n) is 8.32. The number of esters is 1. The van der Waals surface area contributed by atoms with Crippen molar-refractivity contribution in [3.63, 3.8) is 0 Å². The van der Waals surface area contributed by atoms with Gasteiger partial charge in [0, 0.05) is 6.92 Å². The average Bonchev–Trinajstić information content (AvgIpc) is 3.59. The number of hydrogen-bond acceptors (Lipinski definition) is 3. The molecule has 0 heterocycles. The van der Waals surface area contributed by atoms with Gasteiger partial charge in [-0.05, 0) is 120 Å². The van der Waals surface area contributed by atoms with Crippen molar-refractivity contribution >= 4 is 5.97 Å². The number of hydrogen-bond donors (Lipinski definition) is 1. The molecule has 4 saturated carbocycles. The minimum atomic E-state index is -0.255. The van der Waals surface area contributed by atoms with Crippen LogP contribution in [0, 0.1) is 47.3 Å². The second-order valence-corrected chi connectivity index (χ2v) is 12.2. The number of ether oxygens (including phenoxy) is 1. The maximum Gasteiger partial charge on any atom is 0.308 e. The number of phenolic OH excluding ortho intramolecular Hbond substituents is 1. The zero-order valence-corrected chi connectivity index (χ0v) is 22.0. The van der Waals surface area contributed by atoms with Crippen LogP contribution in [0.3, 0.4) is 0 Å². The van der Waals surface area contributed by atoms with Gasteiger partial charge in [0.05, 0.1) is 0 Å². The molecule has 1 N–H and O–H groups in total. The number of benzene rings is 2. The van der Waals surface area contributed by atoms with Gasteiger partial charge in [0.15, 0.2) is 0 Å². The molecule has 0 spiro atoms. The molecule has 4 aliphatic rings. The van der Waals surface area contributed by atoms with Crippen molar-refractivity contribution in [2.45, 2.75) is 72.1 Å². The lowest BCUT2D eigenvalue weighted by atomic mass is 9.73. The molecule has 3 heteroatoms. The molecular formula is C32H42O3. The van der Waals surface area contributed by atoms with Gasteiger partial charge in [0.1, 0.15) is 11.5 Å². The van der Waals surface area contributed by atoms with E-state index in [1.807, 2.05) is 24.3 Å². The SMILES string of the molecule is CC(=O)Oc1ccc(C2CC3CC2C(C)C3C)cc1.CC1C2CC(c3ccc(O)cc3)C(C2)C1C. The molecule has 10 unspecified atom stereocenters. The van der Waals surface area contributed by atoms with Gasteiger partial charge >= 0.3 is 5.97 Å². The van der Waals surface area contributed by atoms with Crippen molar-refractivity contribution in [2.24, 2.45) is 47.3 Å². The summed E-state index contributed by atoms with van der Waals surface area (Å²) in [6.07, 6.45) is 5.52. The first kappa shape index (κ1) is 24.4. The zero-order valence-electron chi connectivity index (χ0n) is 22.0. The number of fused-ring (bicyclic) bond motifs is 4. The molecule has 0 aliphatic heterocycles. The molecule has 0 radical (unpaired) electrons. The lowest BCUT2D eigenvalue weighted by molar-refractivity contribution is -0.131. The van der Waals surface area contributed by atoms with Crippen LogP contribution in [0.1, 0.15) is 83.3 Å². The summed E-state index contributed by atoms with van der Waals surface area (Å²) >= 11 is 0. The van der Waals surface area contributed by atoms with Crippen LogP contribution in [0.5, 0.6) is 11.5 Å². The predicted octanol–water partition coefficient (Wildman–Crippen LogP) is 7.80. The van der Waals surface area contributed by atoms with Gasteiger partial charge in [0.25, 0.3) is 0 Å². The molecule has 0 saturated heterocycles. The topological polar surface area (TPSA) is 46.5 Å². The summed E-state index contributed by atoms with van der Waals surface area (Å²) in [5, 5.41) is 9.33. The summed E-state index contributed by atoms with van der Waals surface area (Å²) in [4.78, 5) is 10.9. The number of carbonyl (C=O) groups excluding carboxylic acids is 1. The van der Waals surface area contributed by atoms with Gasteiger partial charge in [-0.2, -0.15) is 0 Å². The smallest absolute Gasteiger partial charge is 0.308 e. The maximum absolute atomic E-state index is 10.9. The van der Waals surface area contributed by atoms with Crippen LogP contribution in [0.2, 0.25) is 0 Å². The van der Waals surface area contributed by atoms with Crippen molar-refractivity contribution in [1.82, 2.24) is 0 Å². The monoisotopic (exact) mass is 474 g/mol. The van der Waals surface area contributed by atoms with E-state index in [-0.39, 0.29) is 5.97 Å². The summed E-state index contributed by atoms with van der Waals surface area (Å²) in [6, 6.07) is 16.0. The predicted molar refractivity (Wildman–Crippen MR) is 140 cm³/mol. The van der Waals surface area contributed by atoms with Gasteiger partial charge in [-0.15, -0.1) is 0 Å². The summed E-state index contributed by atoms with van der Waals surface area (Å²) in [5.41, 5.74) is 2.85. The Morgan fingerprint density at radius 3 is 1.49 bits per heavy atom. The molecule has 35 heavy (non-hydrogen) atoms. The molecule has 3 nitrogen and oxygen atoms in total. The van der Waals surface area contributed by atoms with Gasteiger partial charge in [0.2, 0.25) is 0 Å². The Labute approximate surface area is 211 Å². The fourth-order valence-corrected chi connectivity index (χ4v) is 8.32. The van der Waals surface area contributed by atoms with Crippen molar-refractivity contribution in [3.8, 4) is 11.5 Å². The largest absolute Gasteiger partial charge is 0.508 e. The van der Waals surface area contributed by atoms with E-state index in [0.29, 0.717) is 17.4 Å². The molecule has 2 aromatic carbocycles. The lowest BCUT2D eigenvalue weighted by Crippen LogP contribution is -2.23. The van der Waals surface area contributed by atoms with Gasteiger partial charge in [-0.3, -0.25) is 4.79 Å². The number of aromatic hydroxyl groups is 1. The van der Waals surface area contributed by atoms with E-state index in [9.17, 15) is 9.90 Å². The molecule has 4 aliphatic carbocycles. The Balaban J connectivity index is 0.000000147. The van der Waals surface area contributed by atoms with E-state index in [1.54, 1.807) is 0 Å². The lowest BCUT2D eigenvalue weighted by Gasteiger charge is -2.32. The van der Waals surface area contributed by atoms with Crippen LogP contribution < -0.4 is 4.74 Å². The molecular weight excluding hydrogens is 432 g/mol. The third-order valence-corrected chi connectivity index (χ3v) is 10.7. The molecule has 0 amide bonds. The molecule has 2 aromatic rings. The van der Waals surface area contributed by atoms with E-state index in [1.165, 1.54) is 43.7 Å². The van der Waals surface area contributed by atoms with Crippen LogP contribution >= 0.6 is 0 Å². The molecule has 4 fully saturated rings. The Morgan fingerprint density at radius 1 is 0.686 bits per heavy atom. The molecule has 6 rings (SSSR count). The van der Waals surface area contributed by atoms with Crippen molar-refractivity contribution in [1.29, 1.82) is 0 Å². The number of carbonyl (C=O) groups is 1. The Hall–Kier alpha value is -2.29. The summed E-state index contributed by atoms with van der Waals surface area (Å²) in [7, 11) is 0. The maximum atomic E-state index is 10.9. The van der Waals surface area contributed by atoms with Crippen molar-refractivity contribution in [3.05, 3.63) is 59.7 Å². The highest BCUT2D eigenvalue weighted by Crippen LogP contribution is 2.59. The molecule has 188 valence electrons. The first-order chi connectivity index (χ1) is 16.7. The number of phenols is 1.